The number of H-pyrrole nitrogens is 1. The zero-order valence-corrected chi connectivity index (χ0v) is 12.3. The number of benzene rings is 3. The number of carbonyl (C=O) groups is 1. The molecule has 0 radical (unpaired) electrons. The highest BCUT2D eigenvalue weighted by Gasteiger charge is 2.14. The molecule has 0 unspecified atom stereocenters. The molecule has 0 atom stereocenters. The van der Waals surface area contributed by atoms with Crippen molar-refractivity contribution in [2.24, 2.45) is 0 Å². The van der Waals surface area contributed by atoms with Crippen molar-refractivity contribution in [1.29, 1.82) is 0 Å². The van der Waals surface area contributed by atoms with Crippen LogP contribution < -0.4 is 0 Å². The van der Waals surface area contributed by atoms with Gasteiger partial charge in [-0.1, -0.05) is 60.2 Å². The van der Waals surface area contributed by atoms with Crippen LogP contribution in [0.4, 0.5) is 0 Å². The molecule has 0 spiro atoms. The molecule has 2 heteroatoms. The molecule has 1 heterocycles. The maximum Gasteiger partial charge on any atom is 0.152 e. The maximum atomic E-state index is 11.7. The Kier molecular flexibility index (Phi) is 2.83. The second kappa shape index (κ2) is 4.85. The third kappa shape index (κ3) is 1.85. The van der Waals surface area contributed by atoms with Crippen LogP contribution in [0.2, 0.25) is 0 Å². The Hall–Kier alpha value is -2.87. The summed E-state index contributed by atoms with van der Waals surface area (Å²) in [7, 11) is 0. The Bertz CT molecular complexity index is 1010. The number of carbonyl (C=O) groups excluding carboxylic acids is 1. The van der Waals surface area contributed by atoms with Crippen LogP contribution in [0.25, 0.3) is 32.9 Å². The Labute approximate surface area is 128 Å². The standard InChI is InChI=1S/C20H15NO/c1-13-5-4-7-15(11-13)19-18(12-22)17-10-9-14-6-2-3-8-16(14)20(17)21-19/h2-12,21H,1H3. The predicted octanol–water partition coefficient (Wildman–Crippen LogP) is 5.11. The molecule has 4 rings (SSSR count). The smallest absolute Gasteiger partial charge is 0.152 e. The number of fused-ring (bicyclic) bond motifs is 3. The highest BCUT2D eigenvalue weighted by molar-refractivity contribution is 6.14. The number of aromatic amines is 1. The third-order valence-electron chi connectivity index (χ3n) is 4.16. The Balaban J connectivity index is 2.11. The van der Waals surface area contributed by atoms with E-state index in [1.165, 1.54) is 10.9 Å². The summed E-state index contributed by atoms with van der Waals surface area (Å²) in [6, 6.07) is 20.5. The molecule has 1 N–H and O–H groups in total. The summed E-state index contributed by atoms with van der Waals surface area (Å²) in [6.45, 7) is 2.06. The molecule has 0 fully saturated rings. The van der Waals surface area contributed by atoms with Gasteiger partial charge in [0.15, 0.2) is 6.29 Å². The molecule has 0 aliphatic carbocycles. The molecule has 4 aromatic rings. The van der Waals surface area contributed by atoms with Gasteiger partial charge in [-0.25, -0.2) is 0 Å². The van der Waals surface area contributed by atoms with Gasteiger partial charge in [0.05, 0.1) is 11.2 Å². The van der Waals surface area contributed by atoms with Crippen molar-refractivity contribution in [3.05, 3.63) is 71.8 Å². The number of aromatic nitrogens is 1. The van der Waals surface area contributed by atoms with E-state index in [1.807, 2.05) is 30.3 Å². The zero-order valence-electron chi connectivity index (χ0n) is 12.3. The van der Waals surface area contributed by atoms with Crippen molar-refractivity contribution in [3.8, 4) is 11.3 Å². The fourth-order valence-electron chi connectivity index (χ4n) is 3.11. The lowest BCUT2D eigenvalue weighted by molar-refractivity contribution is 0.112. The topological polar surface area (TPSA) is 32.9 Å². The molecule has 3 aromatic carbocycles. The molecule has 0 amide bonds. The normalized spacial score (nSPS) is 11.1. The number of aldehydes is 1. The second-order valence-corrected chi connectivity index (χ2v) is 5.61. The van der Waals surface area contributed by atoms with E-state index in [-0.39, 0.29) is 0 Å². The van der Waals surface area contributed by atoms with E-state index in [2.05, 4.69) is 42.2 Å². The number of rotatable bonds is 2. The quantitative estimate of drug-likeness (QED) is 0.510. The van der Waals surface area contributed by atoms with E-state index in [1.54, 1.807) is 0 Å². The first kappa shape index (κ1) is 12.8. The van der Waals surface area contributed by atoms with E-state index in [9.17, 15) is 4.79 Å². The number of hydrogen-bond acceptors (Lipinski definition) is 1. The van der Waals surface area contributed by atoms with Crippen molar-refractivity contribution in [2.75, 3.05) is 0 Å². The minimum absolute atomic E-state index is 0.728. The summed E-state index contributed by atoms with van der Waals surface area (Å²) < 4.78 is 0. The molecule has 106 valence electrons. The van der Waals surface area contributed by atoms with Crippen LogP contribution >= 0.6 is 0 Å². The van der Waals surface area contributed by atoms with Gasteiger partial charge in [0.2, 0.25) is 0 Å². The SMILES string of the molecule is Cc1cccc(-c2[nH]c3c(ccc4ccccc43)c2C=O)c1. The number of hydrogen-bond donors (Lipinski definition) is 1. The summed E-state index contributed by atoms with van der Waals surface area (Å²) in [5.41, 5.74) is 4.87. The van der Waals surface area contributed by atoms with E-state index < -0.39 is 0 Å². The van der Waals surface area contributed by atoms with Crippen molar-refractivity contribution in [3.63, 3.8) is 0 Å². The van der Waals surface area contributed by atoms with Crippen molar-refractivity contribution < 1.29 is 4.79 Å². The van der Waals surface area contributed by atoms with Crippen LogP contribution in [0.1, 0.15) is 15.9 Å². The van der Waals surface area contributed by atoms with Crippen LogP contribution in [-0.4, -0.2) is 11.3 Å². The molecule has 0 saturated carbocycles. The summed E-state index contributed by atoms with van der Waals surface area (Å²) in [4.78, 5) is 15.1. The zero-order chi connectivity index (χ0) is 15.1. The molecule has 0 bridgehead atoms. The van der Waals surface area contributed by atoms with E-state index in [0.717, 1.165) is 39.4 Å². The summed E-state index contributed by atoms with van der Waals surface area (Å²) in [6.07, 6.45) is 0.950. The van der Waals surface area contributed by atoms with Crippen LogP contribution in [0.5, 0.6) is 0 Å². The Morgan fingerprint density at radius 1 is 0.909 bits per heavy atom. The van der Waals surface area contributed by atoms with Gasteiger partial charge in [0, 0.05) is 16.3 Å². The van der Waals surface area contributed by atoms with E-state index in [0.29, 0.717) is 0 Å². The summed E-state index contributed by atoms with van der Waals surface area (Å²) >= 11 is 0. The average Bonchev–Trinajstić information content (AvgIpc) is 2.94. The molecular formula is C20H15NO. The summed E-state index contributed by atoms with van der Waals surface area (Å²) in [5.74, 6) is 0. The fraction of sp³-hybridized carbons (Fsp3) is 0.0500. The average molecular weight is 285 g/mol. The highest BCUT2D eigenvalue weighted by atomic mass is 16.1. The Morgan fingerprint density at radius 3 is 2.59 bits per heavy atom. The Morgan fingerprint density at radius 2 is 1.77 bits per heavy atom. The predicted molar refractivity (Wildman–Crippen MR) is 91.4 cm³/mol. The molecule has 1 aromatic heterocycles. The van der Waals surface area contributed by atoms with Crippen LogP contribution in [0, 0.1) is 6.92 Å². The van der Waals surface area contributed by atoms with Crippen LogP contribution in [-0.2, 0) is 0 Å². The highest BCUT2D eigenvalue weighted by Crippen LogP contribution is 2.33. The summed E-state index contributed by atoms with van der Waals surface area (Å²) in [5, 5.41) is 3.29. The van der Waals surface area contributed by atoms with Crippen LogP contribution in [0.3, 0.4) is 0 Å². The van der Waals surface area contributed by atoms with Gasteiger partial charge < -0.3 is 4.98 Å². The van der Waals surface area contributed by atoms with Gasteiger partial charge in [-0.05, 0) is 23.9 Å². The lowest BCUT2D eigenvalue weighted by Gasteiger charge is -2.01. The second-order valence-electron chi connectivity index (χ2n) is 5.61. The monoisotopic (exact) mass is 285 g/mol. The first-order valence-electron chi connectivity index (χ1n) is 7.33. The molecule has 2 nitrogen and oxygen atoms in total. The first-order chi connectivity index (χ1) is 10.8. The van der Waals surface area contributed by atoms with E-state index >= 15 is 0 Å². The molecular weight excluding hydrogens is 270 g/mol. The number of aryl methyl sites for hydroxylation is 1. The van der Waals surface area contributed by atoms with Crippen molar-refractivity contribution in [1.82, 2.24) is 4.98 Å². The molecule has 0 aliphatic rings. The van der Waals surface area contributed by atoms with E-state index in [4.69, 9.17) is 0 Å². The largest absolute Gasteiger partial charge is 0.353 e. The molecule has 22 heavy (non-hydrogen) atoms. The lowest BCUT2D eigenvalue weighted by atomic mass is 10.0. The third-order valence-corrected chi connectivity index (χ3v) is 4.16. The maximum absolute atomic E-state index is 11.7. The van der Waals surface area contributed by atoms with Crippen LogP contribution in [0.15, 0.2) is 60.7 Å². The minimum atomic E-state index is 0.728. The number of nitrogens with one attached hydrogen (secondary N) is 1. The lowest BCUT2D eigenvalue weighted by Crippen LogP contribution is -1.85. The van der Waals surface area contributed by atoms with Crippen molar-refractivity contribution >= 4 is 28.0 Å². The first-order valence-corrected chi connectivity index (χ1v) is 7.33. The van der Waals surface area contributed by atoms with Gasteiger partial charge in [-0.15, -0.1) is 0 Å². The van der Waals surface area contributed by atoms with Crippen molar-refractivity contribution in [2.45, 2.75) is 6.92 Å². The fourth-order valence-corrected chi connectivity index (χ4v) is 3.11. The van der Waals surface area contributed by atoms with Gasteiger partial charge >= 0.3 is 0 Å². The van der Waals surface area contributed by atoms with Gasteiger partial charge in [0.1, 0.15) is 0 Å². The van der Waals surface area contributed by atoms with Gasteiger partial charge in [-0.3, -0.25) is 4.79 Å². The minimum Gasteiger partial charge on any atom is -0.353 e. The molecule has 0 aliphatic heterocycles. The van der Waals surface area contributed by atoms with Gasteiger partial charge in [-0.2, -0.15) is 0 Å². The van der Waals surface area contributed by atoms with Gasteiger partial charge in [0.25, 0.3) is 0 Å². The molecule has 0 saturated heterocycles.